The Labute approximate surface area is 85.0 Å². The minimum absolute atomic E-state index is 0.0509. The number of aromatic nitrogens is 1. The van der Waals surface area contributed by atoms with E-state index in [1.807, 2.05) is 0 Å². The number of nitriles is 1. The molecular weight excluding hydrogens is 204 g/mol. The predicted molar refractivity (Wildman–Crippen MR) is 48.1 cm³/mol. The van der Waals surface area contributed by atoms with Crippen molar-refractivity contribution in [2.75, 3.05) is 0 Å². The van der Waals surface area contributed by atoms with E-state index in [1.165, 1.54) is 0 Å². The van der Waals surface area contributed by atoms with Crippen LogP contribution in [0.3, 0.4) is 0 Å². The summed E-state index contributed by atoms with van der Waals surface area (Å²) < 4.78 is 25.0. The van der Waals surface area contributed by atoms with E-state index in [2.05, 4.69) is 4.98 Å². The van der Waals surface area contributed by atoms with Crippen LogP contribution in [0.15, 0.2) is 6.07 Å². The Hall–Kier alpha value is -1.74. The van der Waals surface area contributed by atoms with Gasteiger partial charge in [0.2, 0.25) is 0 Å². The van der Waals surface area contributed by atoms with Gasteiger partial charge in [0.15, 0.2) is 0 Å². The first-order chi connectivity index (χ1) is 7.10. The summed E-state index contributed by atoms with van der Waals surface area (Å²) in [5.74, 6) is -0.276. The smallest absolute Gasteiger partial charge is 0.280 e. The molecule has 0 amide bonds. The van der Waals surface area contributed by atoms with Crippen molar-refractivity contribution in [2.24, 2.45) is 5.73 Å². The molecule has 0 fully saturated rings. The lowest BCUT2D eigenvalue weighted by Gasteiger charge is -2.09. The fraction of sp³-hybridized carbons (Fsp3) is 0.333. The Balaban J connectivity index is 3.25. The van der Waals surface area contributed by atoms with Crippen molar-refractivity contribution in [3.05, 3.63) is 23.0 Å². The molecule has 1 aromatic rings. The van der Waals surface area contributed by atoms with Crippen molar-refractivity contribution in [2.45, 2.75) is 19.4 Å². The summed E-state index contributed by atoms with van der Waals surface area (Å²) in [7, 11) is 0. The van der Waals surface area contributed by atoms with Crippen LogP contribution in [-0.4, -0.2) is 10.1 Å². The van der Waals surface area contributed by atoms with Crippen molar-refractivity contribution < 1.29 is 13.9 Å². The van der Waals surface area contributed by atoms with E-state index in [0.29, 0.717) is 0 Å². The van der Waals surface area contributed by atoms with Gasteiger partial charge in [0.1, 0.15) is 11.4 Å². The van der Waals surface area contributed by atoms with E-state index in [0.717, 1.165) is 6.07 Å². The van der Waals surface area contributed by atoms with E-state index in [4.69, 9.17) is 11.0 Å². The number of hydrogen-bond donors (Lipinski definition) is 2. The van der Waals surface area contributed by atoms with Gasteiger partial charge in [0.05, 0.1) is 18.2 Å². The second-order valence-corrected chi connectivity index (χ2v) is 2.84. The van der Waals surface area contributed by atoms with Gasteiger partial charge in [-0.1, -0.05) is 0 Å². The molecule has 0 aromatic carbocycles. The average Bonchev–Trinajstić information content (AvgIpc) is 2.20. The summed E-state index contributed by atoms with van der Waals surface area (Å²) in [6.45, 7) is -0.132. The Morgan fingerprint density at radius 3 is 2.73 bits per heavy atom. The van der Waals surface area contributed by atoms with Crippen LogP contribution in [0.4, 0.5) is 8.78 Å². The largest absolute Gasteiger partial charge is 0.506 e. The lowest BCUT2D eigenvalue weighted by Crippen LogP contribution is -2.06. The van der Waals surface area contributed by atoms with Gasteiger partial charge in [-0.25, -0.2) is 13.8 Å². The molecule has 4 nitrogen and oxygen atoms in total. The summed E-state index contributed by atoms with van der Waals surface area (Å²) in [6, 6.07) is 2.86. The van der Waals surface area contributed by atoms with E-state index in [-0.39, 0.29) is 30.0 Å². The molecule has 0 saturated carbocycles. The average molecular weight is 213 g/mol. The van der Waals surface area contributed by atoms with Gasteiger partial charge in [-0.3, -0.25) is 0 Å². The molecule has 0 unspecified atom stereocenters. The van der Waals surface area contributed by atoms with Gasteiger partial charge in [-0.05, 0) is 11.6 Å². The Morgan fingerprint density at radius 1 is 1.60 bits per heavy atom. The molecule has 0 bridgehead atoms. The molecule has 6 heteroatoms. The van der Waals surface area contributed by atoms with Crippen LogP contribution in [0, 0.1) is 11.3 Å². The summed E-state index contributed by atoms with van der Waals surface area (Å²) >= 11 is 0. The number of aromatic hydroxyl groups is 1. The number of nitrogens with zero attached hydrogens (tertiary/aromatic N) is 2. The van der Waals surface area contributed by atoms with Crippen LogP contribution in [0.5, 0.6) is 5.75 Å². The predicted octanol–water partition coefficient (Wildman–Crippen LogP) is 1.25. The molecule has 0 spiro atoms. The van der Waals surface area contributed by atoms with Crippen molar-refractivity contribution in [3.8, 4) is 11.8 Å². The molecule has 0 aliphatic rings. The van der Waals surface area contributed by atoms with Crippen molar-refractivity contribution in [1.82, 2.24) is 4.98 Å². The highest BCUT2D eigenvalue weighted by Gasteiger charge is 2.17. The molecule has 3 N–H and O–H groups in total. The monoisotopic (exact) mass is 213 g/mol. The molecule has 1 rings (SSSR count). The zero-order valence-electron chi connectivity index (χ0n) is 7.74. The summed E-state index contributed by atoms with van der Waals surface area (Å²) in [6.07, 6.45) is -2.97. The maximum atomic E-state index is 12.5. The number of halogens is 2. The van der Waals surface area contributed by atoms with Gasteiger partial charge in [-0.15, -0.1) is 0 Å². The lowest BCUT2D eigenvalue weighted by atomic mass is 10.1. The van der Waals surface area contributed by atoms with E-state index in [1.54, 1.807) is 6.07 Å². The second kappa shape index (κ2) is 4.66. The molecule has 1 heterocycles. The second-order valence-electron chi connectivity index (χ2n) is 2.84. The van der Waals surface area contributed by atoms with E-state index < -0.39 is 12.1 Å². The third-order valence-electron chi connectivity index (χ3n) is 1.86. The Bertz CT molecular complexity index is 401. The number of hydrogen-bond acceptors (Lipinski definition) is 4. The van der Waals surface area contributed by atoms with Crippen LogP contribution in [0.1, 0.15) is 23.4 Å². The Morgan fingerprint density at radius 2 is 2.27 bits per heavy atom. The molecule has 80 valence electrons. The van der Waals surface area contributed by atoms with Crippen molar-refractivity contribution >= 4 is 0 Å². The van der Waals surface area contributed by atoms with Crippen LogP contribution < -0.4 is 5.73 Å². The lowest BCUT2D eigenvalue weighted by molar-refractivity contribution is 0.144. The molecule has 0 aliphatic heterocycles. The molecule has 15 heavy (non-hydrogen) atoms. The number of pyridine rings is 1. The van der Waals surface area contributed by atoms with Crippen LogP contribution in [0.25, 0.3) is 0 Å². The van der Waals surface area contributed by atoms with Gasteiger partial charge in [0, 0.05) is 6.54 Å². The summed E-state index contributed by atoms with van der Waals surface area (Å²) in [5, 5.41) is 17.7. The highest BCUT2D eigenvalue weighted by Crippen LogP contribution is 2.26. The van der Waals surface area contributed by atoms with E-state index >= 15 is 0 Å². The number of alkyl halides is 2. The van der Waals surface area contributed by atoms with Crippen LogP contribution in [0.2, 0.25) is 0 Å². The van der Waals surface area contributed by atoms with Crippen molar-refractivity contribution in [3.63, 3.8) is 0 Å². The first-order valence-corrected chi connectivity index (χ1v) is 4.17. The molecular formula is C9H9F2N3O. The highest BCUT2D eigenvalue weighted by molar-refractivity contribution is 5.36. The quantitative estimate of drug-likeness (QED) is 0.791. The number of nitrogens with two attached hydrogens (primary N) is 1. The topological polar surface area (TPSA) is 82.9 Å². The minimum atomic E-state index is -2.76. The van der Waals surface area contributed by atoms with E-state index in [9.17, 15) is 13.9 Å². The molecule has 0 radical (unpaired) electrons. The normalized spacial score (nSPS) is 10.3. The third kappa shape index (κ3) is 2.39. The number of rotatable bonds is 3. The first-order valence-electron chi connectivity index (χ1n) is 4.17. The van der Waals surface area contributed by atoms with Gasteiger partial charge < -0.3 is 10.8 Å². The highest BCUT2D eigenvalue weighted by atomic mass is 19.3. The fourth-order valence-electron chi connectivity index (χ4n) is 1.15. The maximum Gasteiger partial charge on any atom is 0.280 e. The van der Waals surface area contributed by atoms with Gasteiger partial charge >= 0.3 is 0 Å². The molecule has 0 atom stereocenters. The van der Waals surface area contributed by atoms with Crippen LogP contribution >= 0.6 is 0 Å². The molecule has 1 aromatic heterocycles. The summed E-state index contributed by atoms with van der Waals surface area (Å²) in [4.78, 5) is 3.53. The van der Waals surface area contributed by atoms with Crippen LogP contribution in [-0.2, 0) is 13.0 Å². The minimum Gasteiger partial charge on any atom is -0.506 e. The Kier molecular flexibility index (Phi) is 3.52. The zero-order valence-corrected chi connectivity index (χ0v) is 7.74. The molecule has 0 saturated heterocycles. The van der Waals surface area contributed by atoms with Crippen molar-refractivity contribution in [1.29, 1.82) is 5.26 Å². The molecule has 0 aliphatic carbocycles. The zero-order chi connectivity index (χ0) is 11.4. The SMILES string of the molecule is N#CCc1nc(C(F)F)c(CN)cc1O. The maximum absolute atomic E-state index is 12.5. The van der Waals surface area contributed by atoms with Gasteiger partial charge in [-0.2, -0.15) is 5.26 Å². The first kappa shape index (κ1) is 11.3. The fourth-order valence-corrected chi connectivity index (χ4v) is 1.15. The standard InChI is InChI=1S/C9H9F2N3O/c10-9(11)8-5(4-13)3-7(15)6(14-8)1-2-12/h3,9,15H,1,4,13H2. The summed E-state index contributed by atoms with van der Waals surface area (Å²) in [5.41, 5.74) is 4.80. The third-order valence-corrected chi connectivity index (χ3v) is 1.86. The van der Waals surface area contributed by atoms with Gasteiger partial charge in [0.25, 0.3) is 6.43 Å².